The summed E-state index contributed by atoms with van der Waals surface area (Å²) in [5.74, 6) is -0.747. The van der Waals surface area contributed by atoms with Gasteiger partial charge >= 0.3 is 5.97 Å². The fraction of sp³-hybridized carbons (Fsp3) is 0.389. The lowest BCUT2D eigenvalue weighted by Crippen LogP contribution is -2.26. The third-order valence-corrected chi connectivity index (χ3v) is 4.17. The molecule has 2 atom stereocenters. The van der Waals surface area contributed by atoms with Crippen LogP contribution in [0, 0.1) is 12.8 Å². The predicted molar refractivity (Wildman–Crippen MR) is 86.0 cm³/mol. The van der Waals surface area contributed by atoms with Crippen LogP contribution in [0.2, 0.25) is 0 Å². The first kappa shape index (κ1) is 16.2. The Labute approximate surface area is 140 Å². The van der Waals surface area contributed by atoms with Crippen molar-refractivity contribution in [3.8, 4) is 0 Å². The molecule has 1 fully saturated rings. The number of benzene rings is 1. The monoisotopic (exact) mass is 328 g/mol. The zero-order chi connectivity index (χ0) is 17.1. The Bertz CT molecular complexity index is 726. The van der Waals surface area contributed by atoms with Crippen LogP contribution >= 0.6 is 0 Å². The Morgan fingerprint density at radius 1 is 1.38 bits per heavy atom. The quantitative estimate of drug-likeness (QED) is 0.787. The molecule has 6 heteroatoms. The van der Waals surface area contributed by atoms with E-state index in [4.69, 9.17) is 9.26 Å². The van der Waals surface area contributed by atoms with E-state index in [2.05, 4.69) is 5.16 Å². The largest absolute Gasteiger partial charge is 0.466 e. The van der Waals surface area contributed by atoms with Gasteiger partial charge in [0.2, 0.25) is 5.91 Å². The van der Waals surface area contributed by atoms with E-state index in [0.29, 0.717) is 31.2 Å². The molecule has 1 aromatic heterocycles. The van der Waals surface area contributed by atoms with Gasteiger partial charge in [-0.1, -0.05) is 35.5 Å². The highest BCUT2D eigenvalue weighted by Gasteiger charge is 2.45. The first-order chi connectivity index (χ1) is 11.6. The maximum Gasteiger partial charge on any atom is 0.311 e. The molecule has 1 aromatic carbocycles. The molecular formula is C18H20N2O4. The molecule has 0 radical (unpaired) electrons. The Morgan fingerprint density at radius 2 is 2.12 bits per heavy atom. The minimum atomic E-state index is -0.516. The topological polar surface area (TPSA) is 72.6 Å². The molecular weight excluding hydrogens is 308 g/mol. The predicted octanol–water partition coefficient (Wildman–Crippen LogP) is 2.29. The van der Waals surface area contributed by atoms with Crippen molar-refractivity contribution in [2.24, 2.45) is 5.92 Å². The average molecular weight is 328 g/mol. The van der Waals surface area contributed by atoms with Crippen LogP contribution in [0.25, 0.3) is 0 Å². The maximum atomic E-state index is 12.9. The number of nitrogens with zero attached hydrogens (tertiary/aromatic N) is 2. The van der Waals surface area contributed by atoms with Crippen molar-refractivity contribution >= 4 is 11.9 Å². The van der Waals surface area contributed by atoms with E-state index < -0.39 is 11.8 Å². The van der Waals surface area contributed by atoms with E-state index in [1.807, 2.05) is 30.3 Å². The van der Waals surface area contributed by atoms with Crippen molar-refractivity contribution < 1.29 is 18.8 Å². The van der Waals surface area contributed by atoms with Gasteiger partial charge in [0.1, 0.15) is 11.5 Å². The van der Waals surface area contributed by atoms with Crippen LogP contribution in [0.1, 0.15) is 29.9 Å². The number of esters is 1. The minimum absolute atomic E-state index is 0.0834. The highest BCUT2D eigenvalue weighted by atomic mass is 16.5. The number of carbonyl (C=O) groups excluding carboxylic acids is 2. The molecule has 0 N–H and O–H groups in total. The first-order valence-electron chi connectivity index (χ1n) is 8.02. The molecule has 0 saturated carbocycles. The van der Waals surface area contributed by atoms with Gasteiger partial charge < -0.3 is 14.2 Å². The van der Waals surface area contributed by atoms with Gasteiger partial charge in [-0.15, -0.1) is 0 Å². The minimum Gasteiger partial charge on any atom is -0.466 e. The number of hydrogen-bond donors (Lipinski definition) is 0. The Morgan fingerprint density at radius 3 is 2.75 bits per heavy atom. The number of carbonyl (C=O) groups is 2. The fourth-order valence-electron chi connectivity index (χ4n) is 3.13. The van der Waals surface area contributed by atoms with Crippen molar-refractivity contribution in [1.82, 2.24) is 10.1 Å². The number of hydrogen-bond acceptors (Lipinski definition) is 5. The first-order valence-corrected chi connectivity index (χ1v) is 8.02. The van der Waals surface area contributed by atoms with Crippen molar-refractivity contribution in [2.75, 3.05) is 13.2 Å². The summed E-state index contributed by atoms with van der Waals surface area (Å²) < 4.78 is 10.2. The lowest BCUT2D eigenvalue weighted by Gasteiger charge is -2.15. The van der Waals surface area contributed by atoms with Gasteiger partial charge in [-0.2, -0.15) is 0 Å². The van der Waals surface area contributed by atoms with Crippen LogP contribution in [0.5, 0.6) is 0 Å². The second-order valence-electron chi connectivity index (χ2n) is 5.89. The highest BCUT2D eigenvalue weighted by Crippen LogP contribution is 2.35. The Hall–Kier alpha value is -2.63. The van der Waals surface area contributed by atoms with Crippen LogP contribution in [-0.4, -0.2) is 35.1 Å². The molecule has 1 aliphatic heterocycles. The van der Waals surface area contributed by atoms with E-state index in [-0.39, 0.29) is 11.9 Å². The van der Waals surface area contributed by atoms with Gasteiger partial charge in [0.05, 0.1) is 25.0 Å². The van der Waals surface area contributed by atoms with E-state index in [1.54, 1.807) is 24.8 Å². The standard InChI is InChI=1S/C18H20N2O4/c1-3-23-18(22)15-11-20(10-14-9-12(2)24-19-14)17(21)16(15)13-7-5-4-6-8-13/h4-9,15-16H,3,10-11H2,1-2H3/t15-,16+/m0/s1. The van der Waals surface area contributed by atoms with Gasteiger partial charge in [0.15, 0.2) is 0 Å². The van der Waals surface area contributed by atoms with Gasteiger partial charge in [-0.05, 0) is 19.4 Å². The van der Waals surface area contributed by atoms with Crippen molar-refractivity contribution in [3.63, 3.8) is 0 Å². The van der Waals surface area contributed by atoms with Crippen molar-refractivity contribution in [2.45, 2.75) is 26.3 Å². The summed E-state index contributed by atoms with van der Waals surface area (Å²) in [6.45, 7) is 4.52. The van der Waals surface area contributed by atoms with Crippen LogP contribution < -0.4 is 0 Å². The van der Waals surface area contributed by atoms with E-state index in [1.165, 1.54) is 0 Å². The molecule has 0 spiro atoms. The van der Waals surface area contributed by atoms with Crippen molar-refractivity contribution in [3.05, 3.63) is 53.4 Å². The molecule has 126 valence electrons. The molecule has 2 heterocycles. The summed E-state index contributed by atoms with van der Waals surface area (Å²) in [5.41, 5.74) is 1.51. The third kappa shape index (κ3) is 3.18. The smallest absolute Gasteiger partial charge is 0.311 e. The van der Waals surface area contributed by atoms with E-state index in [0.717, 1.165) is 5.56 Å². The average Bonchev–Trinajstić information content (AvgIpc) is 3.13. The third-order valence-electron chi connectivity index (χ3n) is 4.17. The molecule has 0 bridgehead atoms. The van der Waals surface area contributed by atoms with Crippen molar-refractivity contribution in [1.29, 1.82) is 0 Å². The molecule has 24 heavy (non-hydrogen) atoms. The molecule has 0 unspecified atom stereocenters. The molecule has 3 rings (SSSR count). The second-order valence-corrected chi connectivity index (χ2v) is 5.89. The van der Waals surface area contributed by atoms with Crippen LogP contribution in [-0.2, 0) is 20.9 Å². The molecule has 1 saturated heterocycles. The Kier molecular flexibility index (Phi) is 4.64. The van der Waals surface area contributed by atoms with Gasteiger partial charge in [-0.25, -0.2) is 0 Å². The Balaban J connectivity index is 1.86. The fourth-order valence-corrected chi connectivity index (χ4v) is 3.13. The van der Waals surface area contributed by atoms with Gasteiger partial charge in [0.25, 0.3) is 0 Å². The summed E-state index contributed by atoms with van der Waals surface area (Å²) in [4.78, 5) is 26.9. The number of rotatable bonds is 5. The second kappa shape index (κ2) is 6.86. The molecule has 0 aliphatic carbocycles. The number of ether oxygens (including phenoxy) is 1. The number of likely N-dealkylation sites (tertiary alicyclic amines) is 1. The molecule has 1 aliphatic rings. The summed E-state index contributed by atoms with van der Waals surface area (Å²) >= 11 is 0. The summed E-state index contributed by atoms with van der Waals surface area (Å²) in [6.07, 6.45) is 0. The van der Waals surface area contributed by atoms with Crippen LogP contribution in [0.4, 0.5) is 0 Å². The lowest BCUT2D eigenvalue weighted by atomic mass is 9.88. The van der Waals surface area contributed by atoms with Gasteiger partial charge in [-0.3, -0.25) is 9.59 Å². The van der Waals surface area contributed by atoms with Crippen LogP contribution in [0.3, 0.4) is 0 Å². The zero-order valence-corrected chi connectivity index (χ0v) is 13.8. The number of aryl methyl sites for hydroxylation is 1. The summed E-state index contributed by atoms with van der Waals surface area (Å²) in [7, 11) is 0. The van der Waals surface area contributed by atoms with Crippen LogP contribution in [0.15, 0.2) is 40.9 Å². The van der Waals surface area contributed by atoms with Gasteiger partial charge in [0, 0.05) is 12.6 Å². The highest BCUT2D eigenvalue weighted by molar-refractivity contribution is 5.93. The zero-order valence-electron chi connectivity index (χ0n) is 13.8. The van der Waals surface area contributed by atoms with E-state index in [9.17, 15) is 9.59 Å². The summed E-state index contributed by atoms with van der Waals surface area (Å²) in [5, 5.41) is 3.93. The lowest BCUT2D eigenvalue weighted by molar-refractivity contribution is -0.148. The molecule has 6 nitrogen and oxygen atoms in total. The van der Waals surface area contributed by atoms with E-state index >= 15 is 0 Å². The number of amides is 1. The number of aromatic nitrogens is 1. The normalized spacial score (nSPS) is 20.4. The summed E-state index contributed by atoms with van der Waals surface area (Å²) in [6, 6.07) is 11.2. The molecule has 1 amide bonds. The SMILES string of the molecule is CCOC(=O)[C@H]1CN(Cc2cc(C)on2)C(=O)[C@@H]1c1ccccc1. The maximum absolute atomic E-state index is 12.9. The molecule has 2 aromatic rings.